The Bertz CT molecular complexity index is 522. The SMILES string of the molecule is CCCCOc1cccc(C(=O)NCC2(N(C)C)CCCCC2)c1. The van der Waals surface area contributed by atoms with Crippen LogP contribution in [-0.2, 0) is 0 Å². The van der Waals surface area contributed by atoms with Gasteiger partial charge in [0.15, 0.2) is 0 Å². The van der Waals surface area contributed by atoms with Crippen molar-refractivity contribution in [2.24, 2.45) is 0 Å². The third-order valence-electron chi connectivity index (χ3n) is 5.17. The van der Waals surface area contributed by atoms with Gasteiger partial charge in [-0.2, -0.15) is 0 Å². The summed E-state index contributed by atoms with van der Waals surface area (Å²) in [4.78, 5) is 14.8. The molecule has 0 spiro atoms. The normalized spacial score (nSPS) is 16.8. The van der Waals surface area contributed by atoms with E-state index in [1.807, 2.05) is 24.3 Å². The molecule has 1 aromatic rings. The minimum Gasteiger partial charge on any atom is -0.494 e. The zero-order valence-corrected chi connectivity index (χ0v) is 15.4. The topological polar surface area (TPSA) is 41.6 Å². The Morgan fingerprint density at radius 1 is 1.25 bits per heavy atom. The zero-order valence-electron chi connectivity index (χ0n) is 15.4. The molecule has 0 saturated heterocycles. The second-order valence-electron chi connectivity index (χ2n) is 7.09. The number of hydrogen-bond donors (Lipinski definition) is 1. The molecule has 1 saturated carbocycles. The molecule has 0 aromatic heterocycles. The van der Waals surface area contributed by atoms with Gasteiger partial charge >= 0.3 is 0 Å². The maximum absolute atomic E-state index is 12.5. The molecule has 0 atom stereocenters. The molecular formula is C20H32N2O2. The molecular weight excluding hydrogens is 300 g/mol. The number of hydrogen-bond acceptors (Lipinski definition) is 3. The van der Waals surface area contributed by atoms with Gasteiger partial charge in [0.25, 0.3) is 5.91 Å². The Morgan fingerprint density at radius 2 is 2.00 bits per heavy atom. The van der Waals surface area contributed by atoms with Crippen LogP contribution >= 0.6 is 0 Å². The molecule has 4 nitrogen and oxygen atoms in total. The van der Waals surface area contributed by atoms with Crippen LogP contribution in [0.2, 0.25) is 0 Å². The Labute approximate surface area is 146 Å². The van der Waals surface area contributed by atoms with E-state index < -0.39 is 0 Å². The number of unbranched alkanes of at least 4 members (excludes halogenated alkanes) is 1. The van der Waals surface area contributed by atoms with E-state index in [2.05, 4.69) is 31.2 Å². The molecule has 0 radical (unpaired) electrons. The summed E-state index contributed by atoms with van der Waals surface area (Å²) in [6.45, 7) is 3.55. The summed E-state index contributed by atoms with van der Waals surface area (Å²) in [6.07, 6.45) is 8.24. The highest BCUT2D eigenvalue weighted by molar-refractivity contribution is 5.94. The number of benzene rings is 1. The summed E-state index contributed by atoms with van der Waals surface area (Å²) in [5.41, 5.74) is 0.775. The fraction of sp³-hybridized carbons (Fsp3) is 0.650. The first-order valence-electron chi connectivity index (χ1n) is 9.26. The zero-order chi connectivity index (χ0) is 17.4. The number of amides is 1. The maximum Gasteiger partial charge on any atom is 0.251 e. The molecule has 134 valence electrons. The Hall–Kier alpha value is -1.55. The van der Waals surface area contributed by atoms with Gasteiger partial charge in [0.2, 0.25) is 0 Å². The second-order valence-corrected chi connectivity index (χ2v) is 7.09. The quantitative estimate of drug-likeness (QED) is 0.735. The molecule has 1 N–H and O–H groups in total. The third kappa shape index (κ3) is 4.97. The molecule has 1 aromatic carbocycles. The van der Waals surface area contributed by atoms with Crippen LogP contribution in [-0.4, -0.2) is 43.6 Å². The average Bonchev–Trinajstić information content (AvgIpc) is 2.61. The van der Waals surface area contributed by atoms with E-state index in [0.717, 1.165) is 31.4 Å². The first-order valence-corrected chi connectivity index (χ1v) is 9.26. The Kier molecular flexibility index (Phi) is 7.10. The van der Waals surface area contributed by atoms with E-state index in [-0.39, 0.29) is 11.4 Å². The van der Waals surface area contributed by atoms with E-state index in [4.69, 9.17) is 4.74 Å². The lowest BCUT2D eigenvalue weighted by Crippen LogP contribution is -2.53. The molecule has 4 heteroatoms. The van der Waals surface area contributed by atoms with Crippen molar-refractivity contribution >= 4 is 5.91 Å². The van der Waals surface area contributed by atoms with Crippen molar-refractivity contribution in [2.45, 2.75) is 57.4 Å². The smallest absolute Gasteiger partial charge is 0.251 e. The lowest BCUT2D eigenvalue weighted by Gasteiger charge is -2.43. The van der Waals surface area contributed by atoms with E-state index in [1.165, 1.54) is 19.3 Å². The molecule has 24 heavy (non-hydrogen) atoms. The van der Waals surface area contributed by atoms with Crippen LogP contribution in [0.15, 0.2) is 24.3 Å². The maximum atomic E-state index is 12.5. The van der Waals surface area contributed by atoms with Crippen LogP contribution < -0.4 is 10.1 Å². The van der Waals surface area contributed by atoms with Gasteiger partial charge in [-0.1, -0.05) is 38.7 Å². The number of carbonyl (C=O) groups is 1. The Balaban J connectivity index is 1.95. The second kappa shape index (κ2) is 9.07. The molecule has 0 unspecified atom stereocenters. The summed E-state index contributed by atoms with van der Waals surface area (Å²) in [6, 6.07) is 7.49. The van der Waals surface area contributed by atoms with Crippen molar-refractivity contribution in [3.05, 3.63) is 29.8 Å². The van der Waals surface area contributed by atoms with Crippen molar-refractivity contribution in [3.63, 3.8) is 0 Å². The van der Waals surface area contributed by atoms with Crippen LogP contribution in [0.25, 0.3) is 0 Å². The largest absolute Gasteiger partial charge is 0.494 e. The molecule has 0 bridgehead atoms. The summed E-state index contributed by atoms with van der Waals surface area (Å²) in [5, 5.41) is 3.15. The molecule has 1 aliphatic carbocycles. The summed E-state index contributed by atoms with van der Waals surface area (Å²) >= 11 is 0. The standard InChI is InChI=1S/C20H32N2O2/c1-4-5-14-24-18-11-9-10-17(15-18)19(23)21-16-20(22(2)3)12-7-6-8-13-20/h9-11,15H,4-8,12-14,16H2,1-3H3,(H,21,23). The predicted molar refractivity (Wildman–Crippen MR) is 98.7 cm³/mol. The van der Waals surface area contributed by atoms with E-state index >= 15 is 0 Å². The third-order valence-corrected chi connectivity index (χ3v) is 5.17. The summed E-state index contributed by atoms with van der Waals surface area (Å²) < 4.78 is 5.70. The number of nitrogens with zero attached hydrogens (tertiary/aromatic N) is 1. The van der Waals surface area contributed by atoms with Gasteiger partial charge in [0.1, 0.15) is 5.75 Å². The van der Waals surface area contributed by atoms with Gasteiger partial charge < -0.3 is 15.0 Å². The minimum absolute atomic E-state index is 0.0114. The fourth-order valence-corrected chi connectivity index (χ4v) is 3.40. The highest BCUT2D eigenvalue weighted by atomic mass is 16.5. The first-order chi connectivity index (χ1) is 11.6. The lowest BCUT2D eigenvalue weighted by molar-refractivity contribution is 0.0799. The van der Waals surface area contributed by atoms with Crippen LogP contribution in [0, 0.1) is 0 Å². The van der Waals surface area contributed by atoms with Gasteiger partial charge in [-0.15, -0.1) is 0 Å². The van der Waals surface area contributed by atoms with Gasteiger partial charge in [-0.05, 0) is 51.6 Å². The number of carbonyl (C=O) groups excluding carboxylic acids is 1. The van der Waals surface area contributed by atoms with E-state index in [1.54, 1.807) is 0 Å². The number of ether oxygens (including phenoxy) is 1. The summed E-state index contributed by atoms with van der Waals surface area (Å²) in [5.74, 6) is 0.763. The van der Waals surface area contributed by atoms with Crippen LogP contribution in [0.1, 0.15) is 62.2 Å². The first kappa shape index (κ1) is 18.8. The summed E-state index contributed by atoms with van der Waals surface area (Å²) in [7, 11) is 4.25. The molecule has 0 aliphatic heterocycles. The van der Waals surface area contributed by atoms with Crippen molar-refractivity contribution in [2.75, 3.05) is 27.2 Å². The average molecular weight is 332 g/mol. The minimum atomic E-state index is -0.0114. The predicted octanol–water partition coefficient (Wildman–Crippen LogP) is 3.86. The highest BCUT2D eigenvalue weighted by Crippen LogP contribution is 2.31. The number of rotatable bonds is 8. The van der Waals surface area contributed by atoms with Crippen LogP contribution in [0.4, 0.5) is 0 Å². The number of nitrogens with one attached hydrogen (secondary N) is 1. The Morgan fingerprint density at radius 3 is 2.67 bits per heavy atom. The molecule has 2 rings (SSSR count). The van der Waals surface area contributed by atoms with Gasteiger partial charge in [0.05, 0.1) is 6.61 Å². The van der Waals surface area contributed by atoms with Gasteiger partial charge in [0, 0.05) is 17.6 Å². The van der Waals surface area contributed by atoms with Crippen molar-refractivity contribution in [3.8, 4) is 5.75 Å². The van der Waals surface area contributed by atoms with E-state index in [9.17, 15) is 4.79 Å². The van der Waals surface area contributed by atoms with Crippen molar-refractivity contribution in [1.82, 2.24) is 10.2 Å². The lowest BCUT2D eigenvalue weighted by atomic mass is 9.80. The van der Waals surface area contributed by atoms with Crippen LogP contribution in [0.3, 0.4) is 0 Å². The highest BCUT2D eigenvalue weighted by Gasteiger charge is 2.34. The molecule has 1 fully saturated rings. The number of likely N-dealkylation sites (N-methyl/N-ethyl adjacent to an activating group) is 1. The monoisotopic (exact) mass is 332 g/mol. The molecule has 0 heterocycles. The molecule has 1 amide bonds. The fourth-order valence-electron chi connectivity index (χ4n) is 3.40. The van der Waals surface area contributed by atoms with Crippen molar-refractivity contribution in [1.29, 1.82) is 0 Å². The van der Waals surface area contributed by atoms with E-state index in [0.29, 0.717) is 18.7 Å². The van der Waals surface area contributed by atoms with Gasteiger partial charge in [-0.25, -0.2) is 0 Å². The van der Waals surface area contributed by atoms with Gasteiger partial charge in [-0.3, -0.25) is 4.79 Å². The van der Waals surface area contributed by atoms with Crippen molar-refractivity contribution < 1.29 is 9.53 Å². The molecule has 1 aliphatic rings. The van der Waals surface area contributed by atoms with Crippen LogP contribution in [0.5, 0.6) is 5.75 Å².